The van der Waals surface area contributed by atoms with Crippen LogP contribution in [0, 0.1) is 12.7 Å². The summed E-state index contributed by atoms with van der Waals surface area (Å²) in [5.41, 5.74) is 0.273. The van der Waals surface area contributed by atoms with Gasteiger partial charge < -0.3 is 10.1 Å². The Kier molecular flexibility index (Phi) is 5.36. The molecule has 1 aromatic rings. The molecule has 1 heterocycles. The van der Waals surface area contributed by atoms with Gasteiger partial charge in [-0.05, 0) is 50.5 Å². The minimum Gasteiger partial charge on any atom is -0.385 e. The molecular formula is C17H23FN2O3. The summed E-state index contributed by atoms with van der Waals surface area (Å²) < 4.78 is 18.3. The number of halogens is 1. The van der Waals surface area contributed by atoms with E-state index < -0.39 is 5.54 Å². The number of amides is 2. The number of rotatable bonds is 6. The molecular weight excluding hydrogens is 299 g/mol. The molecule has 0 saturated carbocycles. The average molecular weight is 322 g/mol. The minimum absolute atomic E-state index is 0.116. The Bertz CT molecular complexity index is 606. The van der Waals surface area contributed by atoms with Crippen LogP contribution in [-0.2, 0) is 14.3 Å². The third kappa shape index (κ3) is 3.52. The second-order valence-corrected chi connectivity index (χ2v) is 6.04. The maximum atomic E-state index is 13.3. The van der Waals surface area contributed by atoms with Crippen molar-refractivity contribution in [3.8, 4) is 0 Å². The highest BCUT2D eigenvalue weighted by Gasteiger charge is 2.48. The standard InChI is InChI=1S/C17H23FN2O3/c1-12-11-13(18)5-6-14(12)20-15(21)7-8-17(20,2)16(22)19-9-4-10-23-3/h5-6,11H,4,7-10H2,1-3H3,(H,19,22). The van der Waals surface area contributed by atoms with Gasteiger partial charge in [0.25, 0.3) is 0 Å². The van der Waals surface area contributed by atoms with Crippen LogP contribution in [0.15, 0.2) is 18.2 Å². The number of hydrogen-bond acceptors (Lipinski definition) is 3. The molecule has 0 aliphatic carbocycles. The fourth-order valence-corrected chi connectivity index (χ4v) is 2.94. The summed E-state index contributed by atoms with van der Waals surface area (Å²) in [6.07, 6.45) is 1.46. The van der Waals surface area contributed by atoms with Crippen LogP contribution in [0.2, 0.25) is 0 Å². The van der Waals surface area contributed by atoms with E-state index in [1.165, 1.54) is 17.0 Å². The molecule has 1 N–H and O–H groups in total. The lowest BCUT2D eigenvalue weighted by atomic mass is 9.96. The summed E-state index contributed by atoms with van der Waals surface area (Å²) in [7, 11) is 1.61. The zero-order chi connectivity index (χ0) is 17.0. The van der Waals surface area contributed by atoms with Gasteiger partial charge in [-0.2, -0.15) is 0 Å². The van der Waals surface area contributed by atoms with Gasteiger partial charge in [-0.1, -0.05) is 0 Å². The molecule has 23 heavy (non-hydrogen) atoms. The number of methoxy groups -OCH3 is 1. The molecule has 2 rings (SSSR count). The number of nitrogens with zero attached hydrogens (tertiary/aromatic N) is 1. The summed E-state index contributed by atoms with van der Waals surface area (Å²) in [6, 6.07) is 4.24. The maximum Gasteiger partial charge on any atom is 0.246 e. The van der Waals surface area contributed by atoms with E-state index in [2.05, 4.69) is 5.32 Å². The van der Waals surface area contributed by atoms with Crippen LogP contribution >= 0.6 is 0 Å². The van der Waals surface area contributed by atoms with Crippen LogP contribution in [0.5, 0.6) is 0 Å². The predicted octanol–water partition coefficient (Wildman–Crippen LogP) is 2.17. The monoisotopic (exact) mass is 322 g/mol. The largest absolute Gasteiger partial charge is 0.385 e. The molecule has 0 bridgehead atoms. The van der Waals surface area contributed by atoms with E-state index in [9.17, 15) is 14.0 Å². The van der Waals surface area contributed by atoms with Crippen LogP contribution in [-0.4, -0.2) is 37.6 Å². The maximum absolute atomic E-state index is 13.3. The van der Waals surface area contributed by atoms with Crippen molar-refractivity contribution in [2.45, 2.75) is 38.6 Å². The summed E-state index contributed by atoms with van der Waals surface area (Å²) >= 11 is 0. The number of carbonyl (C=O) groups is 2. The molecule has 1 aliphatic heterocycles. The highest BCUT2D eigenvalue weighted by molar-refractivity contribution is 6.06. The molecule has 1 aromatic carbocycles. The van der Waals surface area contributed by atoms with Crippen molar-refractivity contribution in [1.82, 2.24) is 5.32 Å². The Morgan fingerprint density at radius 3 is 2.87 bits per heavy atom. The molecule has 5 nitrogen and oxygen atoms in total. The molecule has 0 spiro atoms. The molecule has 1 aliphatic rings. The first-order valence-electron chi connectivity index (χ1n) is 7.76. The number of ether oxygens (including phenoxy) is 1. The molecule has 126 valence electrons. The van der Waals surface area contributed by atoms with Crippen LogP contribution in [0.1, 0.15) is 31.7 Å². The van der Waals surface area contributed by atoms with Gasteiger partial charge in [0, 0.05) is 32.4 Å². The molecule has 1 fully saturated rings. The number of hydrogen-bond donors (Lipinski definition) is 1. The average Bonchev–Trinajstić information content (AvgIpc) is 2.81. The number of carbonyl (C=O) groups excluding carboxylic acids is 2. The SMILES string of the molecule is COCCCNC(=O)C1(C)CCC(=O)N1c1ccc(F)cc1C. The van der Waals surface area contributed by atoms with Gasteiger partial charge in [-0.3, -0.25) is 14.5 Å². The molecule has 6 heteroatoms. The first-order chi connectivity index (χ1) is 10.9. The number of anilines is 1. The fraction of sp³-hybridized carbons (Fsp3) is 0.529. The van der Waals surface area contributed by atoms with Gasteiger partial charge in [0.1, 0.15) is 11.4 Å². The molecule has 1 unspecified atom stereocenters. The van der Waals surface area contributed by atoms with Gasteiger partial charge in [0.15, 0.2) is 0 Å². The van der Waals surface area contributed by atoms with Crippen molar-refractivity contribution < 1.29 is 18.7 Å². The molecule has 2 amide bonds. The second-order valence-electron chi connectivity index (χ2n) is 6.04. The summed E-state index contributed by atoms with van der Waals surface area (Å²) in [5.74, 6) is -0.666. The van der Waals surface area contributed by atoms with E-state index >= 15 is 0 Å². The Labute approximate surface area is 135 Å². The van der Waals surface area contributed by atoms with Crippen molar-refractivity contribution in [2.24, 2.45) is 0 Å². The fourth-order valence-electron chi connectivity index (χ4n) is 2.94. The van der Waals surface area contributed by atoms with Gasteiger partial charge in [0.2, 0.25) is 11.8 Å². The first-order valence-corrected chi connectivity index (χ1v) is 7.76. The third-order valence-corrected chi connectivity index (χ3v) is 4.27. The van der Waals surface area contributed by atoms with Gasteiger partial charge in [-0.15, -0.1) is 0 Å². The number of aryl methyl sites for hydroxylation is 1. The summed E-state index contributed by atoms with van der Waals surface area (Å²) in [4.78, 5) is 26.5. The lowest BCUT2D eigenvalue weighted by molar-refractivity contribution is -0.127. The Morgan fingerprint density at radius 1 is 1.48 bits per heavy atom. The molecule has 0 radical (unpaired) electrons. The Morgan fingerprint density at radius 2 is 2.22 bits per heavy atom. The normalized spacial score (nSPS) is 20.9. The summed E-state index contributed by atoms with van der Waals surface area (Å²) in [5, 5.41) is 2.86. The van der Waals surface area contributed by atoms with Crippen LogP contribution < -0.4 is 10.2 Å². The molecule has 1 saturated heterocycles. The predicted molar refractivity (Wildman–Crippen MR) is 85.8 cm³/mol. The van der Waals surface area contributed by atoms with Crippen molar-refractivity contribution in [3.63, 3.8) is 0 Å². The van der Waals surface area contributed by atoms with E-state index in [4.69, 9.17) is 4.74 Å². The third-order valence-electron chi connectivity index (χ3n) is 4.27. The van der Waals surface area contributed by atoms with Gasteiger partial charge in [-0.25, -0.2) is 4.39 Å². The van der Waals surface area contributed by atoms with Crippen molar-refractivity contribution in [3.05, 3.63) is 29.6 Å². The van der Waals surface area contributed by atoms with Crippen LogP contribution in [0.4, 0.5) is 10.1 Å². The smallest absolute Gasteiger partial charge is 0.246 e. The van der Waals surface area contributed by atoms with E-state index in [1.807, 2.05) is 0 Å². The van der Waals surface area contributed by atoms with Gasteiger partial charge in [0.05, 0.1) is 0 Å². The number of nitrogens with one attached hydrogen (secondary N) is 1. The van der Waals surface area contributed by atoms with Crippen molar-refractivity contribution in [2.75, 3.05) is 25.2 Å². The number of benzene rings is 1. The molecule has 0 aromatic heterocycles. The van der Waals surface area contributed by atoms with E-state index in [0.29, 0.717) is 43.7 Å². The lowest BCUT2D eigenvalue weighted by Gasteiger charge is -2.34. The Hall–Kier alpha value is -1.95. The zero-order valence-electron chi connectivity index (χ0n) is 13.8. The van der Waals surface area contributed by atoms with Crippen molar-refractivity contribution in [1.29, 1.82) is 0 Å². The van der Waals surface area contributed by atoms with Gasteiger partial charge >= 0.3 is 0 Å². The van der Waals surface area contributed by atoms with E-state index in [-0.39, 0.29) is 17.6 Å². The van der Waals surface area contributed by atoms with Crippen LogP contribution in [0.3, 0.4) is 0 Å². The summed E-state index contributed by atoms with van der Waals surface area (Å²) in [6.45, 7) is 4.55. The first kappa shape index (κ1) is 17.4. The van der Waals surface area contributed by atoms with Crippen molar-refractivity contribution >= 4 is 17.5 Å². The van der Waals surface area contributed by atoms with Crippen LogP contribution in [0.25, 0.3) is 0 Å². The Balaban J connectivity index is 2.22. The zero-order valence-corrected chi connectivity index (χ0v) is 13.8. The lowest BCUT2D eigenvalue weighted by Crippen LogP contribution is -2.55. The molecule has 1 atom stereocenters. The van der Waals surface area contributed by atoms with E-state index in [0.717, 1.165) is 0 Å². The topological polar surface area (TPSA) is 58.6 Å². The van der Waals surface area contributed by atoms with E-state index in [1.54, 1.807) is 27.0 Å². The minimum atomic E-state index is -0.952. The second kappa shape index (κ2) is 7.08. The highest BCUT2D eigenvalue weighted by atomic mass is 19.1. The highest BCUT2D eigenvalue weighted by Crippen LogP contribution is 2.37. The quantitative estimate of drug-likeness (QED) is 0.817.